The van der Waals surface area contributed by atoms with E-state index >= 15 is 0 Å². The highest BCUT2D eigenvalue weighted by Gasteiger charge is 2.34. The predicted octanol–water partition coefficient (Wildman–Crippen LogP) is 3.08. The van der Waals surface area contributed by atoms with Crippen LogP contribution >= 0.6 is 0 Å². The van der Waals surface area contributed by atoms with Gasteiger partial charge in [0.15, 0.2) is 5.78 Å². The Bertz CT molecular complexity index is 456. The van der Waals surface area contributed by atoms with E-state index < -0.39 is 5.92 Å². The minimum Gasteiger partial charge on any atom is -0.466 e. The number of carbonyl (C=O) groups is 2. The lowest BCUT2D eigenvalue weighted by molar-refractivity contribution is -0.123. The van der Waals surface area contributed by atoms with Crippen LogP contribution in [0, 0.1) is 25.7 Å². The molecule has 0 bridgehead atoms. The van der Waals surface area contributed by atoms with Crippen LogP contribution in [0.3, 0.4) is 0 Å². The number of carbonyl (C=O) groups excluding carboxylic acids is 2. The van der Waals surface area contributed by atoms with Crippen LogP contribution in [-0.4, -0.2) is 11.6 Å². The van der Waals surface area contributed by atoms with Gasteiger partial charge in [-0.1, -0.05) is 6.92 Å². The van der Waals surface area contributed by atoms with E-state index in [0.717, 1.165) is 12.2 Å². The first-order valence-corrected chi connectivity index (χ1v) is 6.13. The van der Waals surface area contributed by atoms with Crippen LogP contribution in [-0.2, 0) is 4.79 Å². The first-order valence-electron chi connectivity index (χ1n) is 6.13. The molecule has 1 heterocycles. The van der Waals surface area contributed by atoms with Crippen molar-refractivity contribution in [2.75, 3.05) is 0 Å². The predicted molar refractivity (Wildman–Crippen MR) is 64.0 cm³/mol. The maximum Gasteiger partial charge on any atom is 0.176 e. The van der Waals surface area contributed by atoms with E-state index in [2.05, 4.69) is 6.92 Å². The summed E-state index contributed by atoms with van der Waals surface area (Å²) in [6, 6.07) is 1.74. The van der Waals surface area contributed by atoms with Gasteiger partial charge in [-0.05, 0) is 38.7 Å². The topological polar surface area (TPSA) is 47.3 Å². The molecule has 2 rings (SSSR count). The van der Waals surface area contributed by atoms with E-state index in [1.54, 1.807) is 13.0 Å². The molecule has 92 valence electrons. The Kier molecular flexibility index (Phi) is 3.18. The number of hydrogen-bond donors (Lipinski definition) is 0. The van der Waals surface area contributed by atoms with E-state index in [4.69, 9.17) is 4.42 Å². The van der Waals surface area contributed by atoms with Gasteiger partial charge in [0, 0.05) is 6.42 Å². The van der Waals surface area contributed by atoms with Crippen LogP contribution in [0.4, 0.5) is 0 Å². The molecule has 2 unspecified atom stereocenters. The molecular weight excluding hydrogens is 216 g/mol. The molecule has 0 radical (unpaired) electrons. The van der Waals surface area contributed by atoms with Crippen LogP contribution < -0.4 is 0 Å². The van der Waals surface area contributed by atoms with Crippen molar-refractivity contribution in [3.63, 3.8) is 0 Å². The van der Waals surface area contributed by atoms with Crippen molar-refractivity contribution in [1.29, 1.82) is 0 Å². The first kappa shape index (κ1) is 12.1. The Morgan fingerprint density at radius 2 is 2.12 bits per heavy atom. The summed E-state index contributed by atoms with van der Waals surface area (Å²) in [6.07, 6.45) is 2.13. The molecule has 0 spiro atoms. The average Bonchev–Trinajstić information content (AvgIpc) is 2.60. The third-order valence-electron chi connectivity index (χ3n) is 3.53. The van der Waals surface area contributed by atoms with Gasteiger partial charge in [0.2, 0.25) is 0 Å². The summed E-state index contributed by atoms with van der Waals surface area (Å²) < 4.78 is 5.36. The van der Waals surface area contributed by atoms with Crippen molar-refractivity contribution < 1.29 is 14.0 Å². The van der Waals surface area contributed by atoms with Crippen LogP contribution in [0.1, 0.15) is 48.1 Å². The van der Waals surface area contributed by atoms with Crippen molar-refractivity contribution in [2.24, 2.45) is 11.8 Å². The molecule has 0 saturated heterocycles. The van der Waals surface area contributed by atoms with Gasteiger partial charge >= 0.3 is 0 Å². The van der Waals surface area contributed by atoms with Gasteiger partial charge in [-0.2, -0.15) is 0 Å². The molecule has 1 aromatic rings. The van der Waals surface area contributed by atoms with Crippen molar-refractivity contribution in [3.05, 3.63) is 23.2 Å². The van der Waals surface area contributed by atoms with E-state index in [1.807, 2.05) is 6.92 Å². The number of rotatable bonds is 2. The highest BCUT2D eigenvalue weighted by molar-refractivity contribution is 6.11. The lowest BCUT2D eigenvalue weighted by atomic mass is 9.78. The fourth-order valence-electron chi connectivity index (χ4n) is 2.53. The van der Waals surface area contributed by atoms with E-state index in [1.165, 1.54) is 0 Å². The molecule has 1 saturated carbocycles. The summed E-state index contributed by atoms with van der Waals surface area (Å²) in [4.78, 5) is 24.1. The van der Waals surface area contributed by atoms with Crippen LogP contribution in [0.2, 0.25) is 0 Å². The largest absolute Gasteiger partial charge is 0.466 e. The monoisotopic (exact) mass is 234 g/mol. The van der Waals surface area contributed by atoms with E-state index in [0.29, 0.717) is 30.1 Å². The second-order valence-corrected chi connectivity index (χ2v) is 5.09. The second kappa shape index (κ2) is 4.47. The van der Waals surface area contributed by atoms with Crippen molar-refractivity contribution >= 4 is 11.6 Å². The van der Waals surface area contributed by atoms with Crippen LogP contribution in [0.5, 0.6) is 0 Å². The first-order chi connectivity index (χ1) is 7.99. The Labute approximate surface area is 101 Å². The second-order valence-electron chi connectivity index (χ2n) is 5.09. The van der Waals surface area contributed by atoms with Crippen LogP contribution in [0.15, 0.2) is 10.5 Å². The molecule has 1 aliphatic rings. The smallest absolute Gasteiger partial charge is 0.176 e. The van der Waals surface area contributed by atoms with Gasteiger partial charge in [-0.25, -0.2) is 0 Å². The molecule has 17 heavy (non-hydrogen) atoms. The Morgan fingerprint density at radius 3 is 2.71 bits per heavy atom. The normalized spacial score (nSPS) is 25.0. The molecule has 0 N–H and O–H groups in total. The lowest BCUT2D eigenvalue weighted by Crippen LogP contribution is -2.30. The maximum atomic E-state index is 12.3. The molecule has 3 nitrogen and oxygen atoms in total. The Balaban J connectivity index is 2.24. The average molecular weight is 234 g/mol. The van der Waals surface area contributed by atoms with Crippen molar-refractivity contribution in [3.8, 4) is 0 Å². The zero-order valence-corrected chi connectivity index (χ0v) is 10.6. The zero-order chi connectivity index (χ0) is 12.6. The fraction of sp³-hybridized carbons (Fsp3) is 0.571. The van der Waals surface area contributed by atoms with Crippen molar-refractivity contribution in [1.82, 2.24) is 0 Å². The molecular formula is C14H18O3. The minimum atomic E-state index is -0.450. The third-order valence-corrected chi connectivity index (χ3v) is 3.53. The number of Topliss-reactive ketones (excluding diaryl/α,β-unsaturated/α-hetero) is 2. The molecule has 0 amide bonds. The molecule has 1 aromatic heterocycles. The summed E-state index contributed by atoms with van der Waals surface area (Å²) >= 11 is 0. The maximum absolute atomic E-state index is 12.3. The number of hydrogen-bond acceptors (Lipinski definition) is 3. The number of aryl methyl sites for hydroxylation is 2. The third kappa shape index (κ3) is 2.33. The summed E-state index contributed by atoms with van der Waals surface area (Å²) in [5.74, 6) is 1.38. The number of ketones is 2. The Morgan fingerprint density at radius 1 is 1.41 bits per heavy atom. The summed E-state index contributed by atoms with van der Waals surface area (Å²) in [7, 11) is 0. The SMILES string of the molecule is Cc1cc(C(=O)C2CC(C)CCC2=O)c(C)o1. The molecule has 1 aliphatic carbocycles. The van der Waals surface area contributed by atoms with Gasteiger partial charge in [-0.3, -0.25) is 9.59 Å². The molecule has 1 fully saturated rings. The van der Waals surface area contributed by atoms with Gasteiger partial charge in [0.25, 0.3) is 0 Å². The van der Waals surface area contributed by atoms with Crippen LogP contribution in [0.25, 0.3) is 0 Å². The highest BCUT2D eigenvalue weighted by Crippen LogP contribution is 2.30. The van der Waals surface area contributed by atoms with Gasteiger partial charge in [-0.15, -0.1) is 0 Å². The molecule has 2 atom stereocenters. The number of furan rings is 1. The van der Waals surface area contributed by atoms with Gasteiger partial charge in [0.1, 0.15) is 17.3 Å². The van der Waals surface area contributed by atoms with E-state index in [-0.39, 0.29) is 11.6 Å². The quantitative estimate of drug-likeness (QED) is 0.583. The van der Waals surface area contributed by atoms with Gasteiger partial charge < -0.3 is 4.42 Å². The van der Waals surface area contributed by atoms with Gasteiger partial charge in [0.05, 0.1) is 11.5 Å². The summed E-state index contributed by atoms with van der Waals surface area (Å²) in [6.45, 7) is 5.69. The summed E-state index contributed by atoms with van der Waals surface area (Å²) in [5, 5.41) is 0. The minimum absolute atomic E-state index is 0.0594. The molecule has 0 aromatic carbocycles. The molecule has 0 aliphatic heterocycles. The highest BCUT2D eigenvalue weighted by atomic mass is 16.3. The zero-order valence-electron chi connectivity index (χ0n) is 10.6. The fourth-order valence-corrected chi connectivity index (χ4v) is 2.53. The van der Waals surface area contributed by atoms with Crippen molar-refractivity contribution in [2.45, 2.75) is 40.0 Å². The standard InChI is InChI=1S/C14H18O3/c1-8-4-5-13(15)12(6-8)14(16)11-7-9(2)17-10(11)3/h7-8,12H,4-6H2,1-3H3. The molecule has 3 heteroatoms. The lowest BCUT2D eigenvalue weighted by Gasteiger charge is -2.24. The summed E-state index contributed by atoms with van der Waals surface area (Å²) in [5.41, 5.74) is 0.579. The van der Waals surface area contributed by atoms with E-state index in [9.17, 15) is 9.59 Å². The Hall–Kier alpha value is -1.38.